The molecular formula is C17H18BrClN2O2. The Kier molecular flexibility index (Phi) is 4.46. The standard InChI is InChI=1S/C17H18BrClN2O2/c18-12-9-13-15(1-4-20-16(13)14(19)10-12)21-5-2-11(3-6-21)17-22-7-8-23-17/h1,4,9-11,17H,2-3,5-8H2. The van der Waals surface area contributed by atoms with Gasteiger partial charge in [-0.1, -0.05) is 27.5 Å². The van der Waals surface area contributed by atoms with Crippen LogP contribution in [0.4, 0.5) is 5.69 Å². The molecule has 6 heteroatoms. The maximum atomic E-state index is 6.34. The second-order valence-electron chi connectivity index (χ2n) is 6.05. The third-order valence-corrected chi connectivity index (χ3v) is 5.40. The first kappa shape index (κ1) is 15.6. The molecule has 122 valence electrons. The first-order valence-electron chi connectivity index (χ1n) is 7.94. The van der Waals surface area contributed by atoms with Crippen LogP contribution < -0.4 is 4.90 Å². The molecule has 0 saturated carbocycles. The van der Waals surface area contributed by atoms with Crippen molar-refractivity contribution in [3.63, 3.8) is 0 Å². The highest BCUT2D eigenvalue weighted by Gasteiger charge is 2.30. The van der Waals surface area contributed by atoms with Crippen molar-refractivity contribution in [2.45, 2.75) is 19.1 Å². The lowest BCUT2D eigenvalue weighted by molar-refractivity contribution is -0.0889. The number of halogens is 2. The maximum absolute atomic E-state index is 6.34. The highest BCUT2D eigenvalue weighted by molar-refractivity contribution is 9.10. The quantitative estimate of drug-likeness (QED) is 0.759. The van der Waals surface area contributed by atoms with Gasteiger partial charge in [-0.25, -0.2) is 0 Å². The van der Waals surface area contributed by atoms with Gasteiger partial charge in [-0.3, -0.25) is 4.98 Å². The number of rotatable bonds is 2. The zero-order valence-corrected chi connectivity index (χ0v) is 15.0. The highest BCUT2D eigenvalue weighted by atomic mass is 79.9. The summed E-state index contributed by atoms with van der Waals surface area (Å²) in [6.45, 7) is 3.45. The summed E-state index contributed by atoms with van der Waals surface area (Å²) in [5.74, 6) is 0.497. The van der Waals surface area contributed by atoms with Crippen LogP contribution in [-0.2, 0) is 9.47 Å². The van der Waals surface area contributed by atoms with E-state index in [-0.39, 0.29) is 6.29 Å². The van der Waals surface area contributed by atoms with Gasteiger partial charge in [0.2, 0.25) is 0 Å². The van der Waals surface area contributed by atoms with Crippen molar-refractivity contribution in [2.24, 2.45) is 5.92 Å². The van der Waals surface area contributed by atoms with E-state index in [1.807, 2.05) is 12.3 Å². The molecule has 0 bridgehead atoms. The fourth-order valence-corrected chi connectivity index (χ4v) is 4.36. The molecule has 2 saturated heterocycles. The molecule has 2 aromatic rings. The molecule has 0 amide bonds. The third kappa shape index (κ3) is 3.07. The van der Waals surface area contributed by atoms with Crippen molar-refractivity contribution in [1.82, 2.24) is 4.98 Å². The summed E-state index contributed by atoms with van der Waals surface area (Å²) in [6.07, 6.45) is 3.99. The minimum absolute atomic E-state index is 0.00470. The summed E-state index contributed by atoms with van der Waals surface area (Å²) in [6, 6.07) is 6.06. The van der Waals surface area contributed by atoms with E-state index in [4.69, 9.17) is 21.1 Å². The smallest absolute Gasteiger partial charge is 0.160 e. The van der Waals surface area contributed by atoms with Gasteiger partial charge < -0.3 is 14.4 Å². The van der Waals surface area contributed by atoms with Crippen molar-refractivity contribution < 1.29 is 9.47 Å². The second-order valence-corrected chi connectivity index (χ2v) is 7.37. The van der Waals surface area contributed by atoms with Gasteiger partial charge >= 0.3 is 0 Å². The molecule has 0 aliphatic carbocycles. The Morgan fingerprint density at radius 2 is 1.91 bits per heavy atom. The lowest BCUT2D eigenvalue weighted by Crippen LogP contribution is -2.38. The van der Waals surface area contributed by atoms with E-state index in [9.17, 15) is 0 Å². The lowest BCUT2D eigenvalue weighted by atomic mass is 9.95. The molecule has 2 aliphatic rings. The summed E-state index contributed by atoms with van der Waals surface area (Å²) < 4.78 is 12.3. The summed E-state index contributed by atoms with van der Waals surface area (Å²) >= 11 is 9.87. The first-order valence-corrected chi connectivity index (χ1v) is 9.11. The topological polar surface area (TPSA) is 34.6 Å². The van der Waals surface area contributed by atoms with E-state index >= 15 is 0 Å². The van der Waals surface area contributed by atoms with Gasteiger partial charge in [-0.05, 0) is 31.0 Å². The van der Waals surface area contributed by atoms with Gasteiger partial charge in [0.25, 0.3) is 0 Å². The predicted molar refractivity (Wildman–Crippen MR) is 95.1 cm³/mol. The number of benzene rings is 1. The van der Waals surface area contributed by atoms with Crippen LogP contribution in [0, 0.1) is 5.92 Å². The van der Waals surface area contributed by atoms with Gasteiger partial charge in [0.15, 0.2) is 6.29 Å². The average Bonchev–Trinajstić information content (AvgIpc) is 3.09. The summed E-state index contributed by atoms with van der Waals surface area (Å²) in [5.41, 5.74) is 2.06. The maximum Gasteiger partial charge on any atom is 0.160 e. The monoisotopic (exact) mass is 396 g/mol. The molecule has 1 aromatic carbocycles. The molecule has 0 N–H and O–H groups in total. The fraction of sp³-hybridized carbons (Fsp3) is 0.471. The molecule has 1 aromatic heterocycles. The van der Waals surface area contributed by atoms with Gasteiger partial charge in [0.1, 0.15) is 0 Å². The molecule has 3 heterocycles. The van der Waals surface area contributed by atoms with Crippen LogP contribution in [0.1, 0.15) is 12.8 Å². The van der Waals surface area contributed by atoms with Crippen LogP contribution in [0.5, 0.6) is 0 Å². The number of nitrogens with zero attached hydrogens (tertiary/aromatic N) is 2. The normalized spacial score (nSPS) is 20.5. The van der Waals surface area contributed by atoms with E-state index in [0.29, 0.717) is 10.9 Å². The van der Waals surface area contributed by atoms with E-state index in [2.05, 4.69) is 37.9 Å². The third-order valence-electron chi connectivity index (χ3n) is 4.65. The molecule has 2 aliphatic heterocycles. The van der Waals surface area contributed by atoms with Crippen LogP contribution in [0.25, 0.3) is 10.9 Å². The summed E-state index contributed by atoms with van der Waals surface area (Å²) in [4.78, 5) is 6.85. The van der Waals surface area contributed by atoms with E-state index in [0.717, 1.165) is 54.5 Å². The van der Waals surface area contributed by atoms with Gasteiger partial charge in [0, 0.05) is 40.8 Å². The van der Waals surface area contributed by atoms with Gasteiger partial charge in [0.05, 0.1) is 23.8 Å². The number of ether oxygens (including phenoxy) is 2. The number of hydrogen-bond acceptors (Lipinski definition) is 4. The van der Waals surface area contributed by atoms with Crippen LogP contribution in [0.2, 0.25) is 5.02 Å². The van der Waals surface area contributed by atoms with Crippen molar-refractivity contribution >= 4 is 44.1 Å². The Bertz CT molecular complexity index is 713. The number of piperidine rings is 1. The molecule has 4 nitrogen and oxygen atoms in total. The number of anilines is 1. The molecule has 0 atom stereocenters. The Morgan fingerprint density at radius 1 is 1.17 bits per heavy atom. The molecule has 0 unspecified atom stereocenters. The predicted octanol–water partition coefficient (Wildman–Crippen LogP) is 4.24. The number of pyridine rings is 1. The summed E-state index contributed by atoms with van der Waals surface area (Å²) in [7, 11) is 0. The molecule has 2 fully saturated rings. The molecule has 0 spiro atoms. The first-order chi connectivity index (χ1) is 11.2. The summed E-state index contributed by atoms with van der Waals surface area (Å²) in [5, 5.41) is 1.78. The van der Waals surface area contributed by atoms with E-state index in [1.54, 1.807) is 0 Å². The Balaban J connectivity index is 1.58. The van der Waals surface area contributed by atoms with E-state index in [1.165, 1.54) is 5.69 Å². The van der Waals surface area contributed by atoms with Crippen LogP contribution in [-0.4, -0.2) is 37.6 Å². The van der Waals surface area contributed by atoms with Crippen molar-refractivity contribution in [3.05, 3.63) is 33.9 Å². The Labute approximate surface area is 148 Å². The SMILES string of the molecule is Clc1cc(Br)cc2c(N3CCC(C4OCCO4)CC3)ccnc12. The Morgan fingerprint density at radius 3 is 2.65 bits per heavy atom. The number of aromatic nitrogens is 1. The van der Waals surface area contributed by atoms with Crippen LogP contribution in [0.15, 0.2) is 28.9 Å². The second kappa shape index (κ2) is 6.55. The largest absolute Gasteiger partial charge is 0.371 e. The lowest BCUT2D eigenvalue weighted by Gasteiger charge is -2.35. The zero-order valence-electron chi connectivity index (χ0n) is 12.7. The average molecular weight is 398 g/mol. The Hall–Kier alpha value is -0.880. The van der Waals surface area contributed by atoms with Gasteiger partial charge in [-0.15, -0.1) is 0 Å². The van der Waals surface area contributed by atoms with Crippen molar-refractivity contribution in [2.75, 3.05) is 31.2 Å². The molecular weight excluding hydrogens is 380 g/mol. The van der Waals surface area contributed by atoms with Gasteiger partial charge in [-0.2, -0.15) is 0 Å². The van der Waals surface area contributed by atoms with Crippen molar-refractivity contribution in [1.29, 1.82) is 0 Å². The molecule has 23 heavy (non-hydrogen) atoms. The van der Waals surface area contributed by atoms with E-state index < -0.39 is 0 Å². The number of fused-ring (bicyclic) bond motifs is 1. The minimum Gasteiger partial charge on any atom is -0.371 e. The van der Waals surface area contributed by atoms with Crippen molar-refractivity contribution in [3.8, 4) is 0 Å². The fourth-order valence-electron chi connectivity index (χ4n) is 3.50. The number of hydrogen-bond donors (Lipinski definition) is 0. The molecule has 0 radical (unpaired) electrons. The highest BCUT2D eigenvalue weighted by Crippen LogP contribution is 2.35. The minimum atomic E-state index is -0.00470. The zero-order chi connectivity index (χ0) is 15.8. The van der Waals surface area contributed by atoms with Crippen LogP contribution >= 0.6 is 27.5 Å². The van der Waals surface area contributed by atoms with Crippen LogP contribution in [0.3, 0.4) is 0 Å². The molecule has 4 rings (SSSR count).